The Bertz CT molecular complexity index is 1010. The van der Waals surface area contributed by atoms with Crippen LogP contribution in [0.25, 0.3) is 0 Å². The van der Waals surface area contributed by atoms with Gasteiger partial charge in [0.2, 0.25) is 5.91 Å². The third-order valence-corrected chi connectivity index (χ3v) is 6.19. The van der Waals surface area contributed by atoms with Gasteiger partial charge in [-0.1, -0.05) is 30.3 Å². The highest BCUT2D eigenvalue weighted by Gasteiger charge is 2.38. The van der Waals surface area contributed by atoms with Gasteiger partial charge in [0.05, 0.1) is 5.60 Å². The molecule has 7 heteroatoms. The maximum Gasteiger partial charge on any atom is 0.313 e. The van der Waals surface area contributed by atoms with Crippen LogP contribution in [0.4, 0.5) is 11.4 Å². The van der Waals surface area contributed by atoms with E-state index in [-0.39, 0.29) is 12.5 Å². The number of nitrogens with zero attached hydrogens (tertiary/aromatic N) is 1. The number of ether oxygens (including phenoxy) is 1. The zero-order valence-corrected chi connectivity index (χ0v) is 17.9. The molecular formula is C24H27N3O4. The lowest BCUT2D eigenvalue weighted by atomic mass is 10.00. The zero-order chi connectivity index (χ0) is 22.0. The van der Waals surface area contributed by atoms with Gasteiger partial charge in [0.15, 0.2) is 0 Å². The fourth-order valence-electron chi connectivity index (χ4n) is 4.39. The maximum absolute atomic E-state index is 12.5. The Balaban J connectivity index is 1.38. The van der Waals surface area contributed by atoms with Gasteiger partial charge in [0.25, 0.3) is 0 Å². The van der Waals surface area contributed by atoms with E-state index in [1.54, 1.807) is 24.1 Å². The fourth-order valence-corrected chi connectivity index (χ4v) is 4.39. The van der Waals surface area contributed by atoms with Crippen LogP contribution in [0.2, 0.25) is 0 Å². The number of methoxy groups -OCH3 is 1. The van der Waals surface area contributed by atoms with Crippen molar-refractivity contribution >= 4 is 29.1 Å². The fraction of sp³-hybridized carbons (Fsp3) is 0.375. The molecule has 1 fully saturated rings. The summed E-state index contributed by atoms with van der Waals surface area (Å²) in [5, 5.41) is 5.36. The molecule has 2 N–H and O–H groups in total. The first-order valence-electron chi connectivity index (χ1n) is 10.5. The highest BCUT2D eigenvalue weighted by atomic mass is 16.5. The van der Waals surface area contributed by atoms with Gasteiger partial charge < -0.3 is 20.3 Å². The Morgan fingerprint density at radius 3 is 2.42 bits per heavy atom. The molecule has 1 aliphatic heterocycles. The first kappa shape index (κ1) is 21.1. The van der Waals surface area contributed by atoms with Crippen LogP contribution in [0, 0.1) is 6.92 Å². The van der Waals surface area contributed by atoms with Crippen LogP contribution in [0.3, 0.4) is 0 Å². The summed E-state index contributed by atoms with van der Waals surface area (Å²) < 4.78 is 5.74. The van der Waals surface area contributed by atoms with Crippen molar-refractivity contribution in [3.8, 4) is 0 Å². The molecular weight excluding hydrogens is 394 g/mol. The summed E-state index contributed by atoms with van der Waals surface area (Å²) >= 11 is 0. The van der Waals surface area contributed by atoms with Gasteiger partial charge >= 0.3 is 11.8 Å². The van der Waals surface area contributed by atoms with Crippen LogP contribution in [-0.4, -0.2) is 43.5 Å². The normalized spacial score (nSPS) is 16.8. The summed E-state index contributed by atoms with van der Waals surface area (Å²) in [5.74, 6) is -1.39. The van der Waals surface area contributed by atoms with Crippen LogP contribution < -0.4 is 15.5 Å². The minimum Gasteiger partial charge on any atom is -0.376 e. The van der Waals surface area contributed by atoms with E-state index in [2.05, 4.69) is 22.8 Å². The largest absolute Gasteiger partial charge is 0.376 e. The first-order valence-corrected chi connectivity index (χ1v) is 10.5. The van der Waals surface area contributed by atoms with Gasteiger partial charge in [0.1, 0.15) is 0 Å². The highest BCUT2D eigenvalue weighted by molar-refractivity contribution is 6.39. The molecule has 7 nitrogen and oxygen atoms in total. The topological polar surface area (TPSA) is 87.7 Å². The van der Waals surface area contributed by atoms with Gasteiger partial charge in [-0.05, 0) is 42.2 Å². The lowest BCUT2D eigenvalue weighted by molar-refractivity contribution is -0.137. The van der Waals surface area contributed by atoms with Crippen molar-refractivity contribution in [3.63, 3.8) is 0 Å². The van der Waals surface area contributed by atoms with E-state index in [9.17, 15) is 14.4 Å². The number of carbonyl (C=O) groups is 3. The maximum atomic E-state index is 12.5. The van der Waals surface area contributed by atoms with Crippen molar-refractivity contribution in [2.24, 2.45) is 0 Å². The number of anilines is 2. The zero-order valence-electron chi connectivity index (χ0n) is 17.9. The van der Waals surface area contributed by atoms with Gasteiger partial charge in [-0.2, -0.15) is 0 Å². The number of carbonyl (C=O) groups excluding carboxylic acids is 3. The summed E-state index contributed by atoms with van der Waals surface area (Å²) in [6.07, 6.45) is 2.73. The Kier molecular flexibility index (Phi) is 5.78. The van der Waals surface area contributed by atoms with Gasteiger partial charge in [-0.3, -0.25) is 14.4 Å². The van der Waals surface area contributed by atoms with E-state index in [0.29, 0.717) is 31.5 Å². The molecule has 31 heavy (non-hydrogen) atoms. The SMILES string of the molecule is COC1(CNC(=O)C(=O)Nc2ccc(C)c(N3CCCC3=O)c2)Cc2ccccc2C1. The molecule has 4 rings (SSSR count). The second-order valence-corrected chi connectivity index (χ2v) is 8.30. The molecule has 1 saturated heterocycles. The lowest BCUT2D eigenvalue weighted by Crippen LogP contribution is -2.48. The van der Waals surface area contributed by atoms with Crippen molar-refractivity contribution in [2.75, 3.05) is 30.4 Å². The summed E-state index contributed by atoms with van der Waals surface area (Å²) in [6.45, 7) is 2.83. The minimum atomic E-state index is -0.746. The van der Waals surface area contributed by atoms with E-state index in [4.69, 9.17) is 4.74 Å². The third-order valence-electron chi connectivity index (χ3n) is 6.19. The van der Waals surface area contributed by atoms with Gasteiger partial charge in [0, 0.05) is 50.8 Å². The molecule has 1 aliphatic carbocycles. The minimum absolute atomic E-state index is 0.0757. The summed E-state index contributed by atoms with van der Waals surface area (Å²) in [6, 6.07) is 13.4. The number of rotatable bonds is 5. The Labute approximate surface area is 181 Å². The van der Waals surface area contributed by atoms with Crippen LogP contribution in [0.15, 0.2) is 42.5 Å². The first-order chi connectivity index (χ1) is 14.9. The average Bonchev–Trinajstić information content (AvgIpc) is 3.36. The number of hydrogen-bond acceptors (Lipinski definition) is 4. The van der Waals surface area contributed by atoms with Crippen molar-refractivity contribution in [1.82, 2.24) is 5.32 Å². The number of amides is 3. The monoisotopic (exact) mass is 421 g/mol. The molecule has 2 aromatic carbocycles. The van der Waals surface area contributed by atoms with Crippen LogP contribution in [-0.2, 0) is 32.0 Å². The standard InChI is InChI=1S/C24H27N3O4/c1-16-9-10-19(12-20(16)27-11-5-8-21(27)28)26-23(30)22(29)25-15-24(31-2)13-17-6-3-4-7-18(17)14-24/h3-4,6-7,9-10,12H,5,8,11,13-15H2,1-2H3,(H,25,29)(H,26,30). The van der Waals surface area contributed by atoms with Crippen molar-refractivity contribution in [2.45, 2.75) is 38.2 Å². The molecule has 0 radical (unpaired) electrons. The van der Waals surface area contributed by atoms with Crippen molar-refractivity contribution in [1.29, 1.82) is 0 Å². The predicted molar refractivity (Wildman–Crippen MR) is 118 cm³/mol. The molecule has 0 bridgehead atoms. The number of fused-ring (bicyclic) bond motifs is 1. The van der Waals surface area contributed by atoms with E-state index in [0.717, 1.165) is 17.7 Å². The van der Waals surface area contributed by atoms with E-state index >= 15 is 0 Å². The highest BCUT2D eigenvalue weighted by Crippen LogP contribution is 2.32. The molecule has 0 saturated carbocycles. The molecule has 162 valence electrons. The van der Waals surface area contributed by atoms with Gasteiger partial charge in [-0.25, -0.2) is 0 Å². The average molecular weight is 421 g/mol. The Hall–Kier alpha value is -3.19. The lowest BCUT2D eigenvalue weighted by Gasteiger charge is -2.27. The molecule has 3 amide bonds. The second-order valence-electron chi connectivity index (χ2n) is 8.30. The van der Waals surface area contributed by atoms with Crippen molar-refractivity contribution < 1.29 is 19.1 Å². The molecule has 0 spiro atoms. The van der Waals surface area contributed by atoms with E-state index in [1.165, 1.54) is 11.1 Å². The number of hydrogen-bond donors (Lipinski definition) is 2. The smallest absolute Gasteiger partial charge is 0.313 e. The van der Waals surface area contributed by atoms with Crippen molar-refractivity contribution in [3.05, 3.63) is 59.2 Å². The Morgan fingerprint density at radius 2 is 1.81 bits per heavy atom. The molecule has 1 heterocycles. The third kappa shape index (κ3) is 4.32. The number of nitrogens with one attached hydrogen (secondary N) is 2. The number of benzene rings is 2. The summed E-state index contributed by atoms with van der Waals surface area (Å²) in [5.41, 5.74) is 4.05. The second kappa shape index (κ2) is 8.51. The molecule has 0 atom stereocenters. The Morgan fingerprint density at radius 1 is 1.10 bits per heavy atom. The quantitative estimate of drug-likeness (QED) is 0.726. The summed E-state index contributed by atoms with van der Waals surface area (Å²) in [7, 11) is 1.63. The van der Waals surface area contributed by atoms with E-state index in [1.807, 2.05) is 25.1 Å². The van der Waals surface area contributed by atoms with Crippen LogP contribution in [0.1, 0.15) is 29.5 Å². The van der Waals surface area contributed by atoms with Crippen LogP contribution in [0.5, 0.6) is 0 Å². The summed E-state index contributed by atoms with van der Waals surface area (Å²) in [4.78, 5) is 38.7. The van der Waals surface area contributed by atoms with E-state index < -0.39 is 17.4 Å². The molecule has 2 aliphatic rings. The predicted octanol–water partition coefficient (Wildman–Crippen LogP) is 2.36. The van der Waals surface area contributed by atoms with Crippen LogP contribution >= 0.6 is 0 Å². The number of aryl methyl sites for hydroxylation is 1. The molecule has 2 aromatic rings. The molecule has 0 aromatic heterocycles. The van der Waals surface area contributed by atoms with Gasteiger partial charge in [-0.15, -0.1) is 0 Å². The molecule has 0 unspecified atom stereocenters.